The van der Waals surface area contributed by atoms with Crippen LogP contribution in [0.2, 0.25) is 0 Å². The number of fused-ring (bicyclic) bond motifs is 3. The van der Waals surface area contributed by atoms with Crippen molar-refractivity contribution in [3.63, 3.8) is 0 Å². The fourth-order valence-corrected chi connectivity index (χ4v) is 7.31. The van der Waals surface area contributed by atoms with Gasteiger partial charge in [-0.05, 0) is 29.7 Å². The predicted octanol–water partition coefficient (Wildman–Crippen LogP) is 7.94. The molecule has 3 aromatic rings. The molecular weight excluding hydrogens is 464 g/mol. The van der Waals surface area contributed by atoms with Gasteiger partial charge < -0.3 is 4.90 Å². The van der Waals surface area contributed by atoms with Crippen LogP contribution in [0.25, 0.3) is 0 Å². The maximum Gasteiger partial charge on any atom is 0.219 e. The molecular formula is C23H17Cl4NS. The predicted molar refractivity (Wildman–Crippen MR) is 126 cm³/mol. The third kappa shape index (κ3) is 2.99. The molecule has 0 radical (unpaired) electrons. The molecule has 1 nitrogen and oxygen atoms in total. The number of hydrogen-bond acceptors (Lipinski definition) is 2. The van der Waals surface area contributed by atoms with Gasteiger partial charge in [-0.15, -0.1) is 0 Å². The molecule has 0 amide bonds. The standard InChI is InChI=1S/C23H17Cl4NS/c24-22(25)18(16-9-3-1-4-10-16)15-21(17-11-5-2-6-12-17)23(26,27)28(21)19-13-7-8-14-20(19)29-22/h1-14,18H,15H2/t18-,21-,28?/m1/s1. The van der Waals surface area contributed by atoms with Crippen molar-refractivity contribution < 1.29 is 0 Å². The van der Waals surface area contributed by atoms with Gasteiger partial charge in [0, 0.05) is 10.8 Å². The monoisotopic (exact) mass is 479 g/mol. The van der Waals surface area contributed by atoms with Gasteiger partial charge in [-0.2, -0.15) is 0 Å². The van der Waals surface area contributed by atoms with Gasteiger partial charge in [-0.25, -0.2) is 0 Å². The van der Waals surface area contributed by atoms with Crippen LogP contribution in [0.3, 0.4) is 0 Å². The van der Waals surface area contributed by atoms with Crippen molar-refractivity contribution in [3.8, 4) is 0 Å². The fraction of sp³-hybridized carbons (Fsp3) is 0.217. The largest absolute Gasteiger partial charge is 0.322 e. The Hall–Kier alpha value is -1.03. The minimum Gasteiger partial charge on any atom is -0.322 e. The van der Waals surface area contributed by atoms with Crippen LogP contribution in [-0.4, -0.2) is 8.12 Å². The Kier molecular flexibility index (Phi) is 4.81. The van der Waals surface area contributed by atoms with Gasteiger partial charge in [0.15, 0.2) is 3.67 Å². The van der Waals surface area contributed by atoms with Gasteiger partial charge in [-0.3, -0.25) is 0 Å². The summed E-state index contributed by atoms with van der Waals surface area (Å²) in [5.74, 6) is -0.188. The van der Waals surface area contributed by atoms with Crippen LogP contribution in [0.1, 0.15) is 23.5 Å². The molecule has 148 valence electrons. The molecule has 1 saturated heterocycles. The number of nitrogens with zero attached hydrogens (tertiary/aromatic N) is 1. The zero-order valence-corrected chi connectivity index (χ0v) is 19.1. The summed E-state index contributed by atoms with van der Waals surface area (Å²) in [5, 5.41) is 0. The van der Waals surface area contributed by atoms with Crippen LogP contribution in [0.5, 0.6) is 0 Å². The van der Waals surface area contributed by atoms with E-state index < -0.39 is 13.7 Å². The zero-order valence-electron chi connectivity index (χ0n) is 15.2. The van der Waals surface area contributed by atoms with E-state index >= 15 is 0 Å². The van der Waals surface area contributed by atoms with E-state index in [2.05, 4.69) is 29.2 Å². The van der Waals surface area contributed by atoms with Gasteiger partial charge >= 0.3 is 0 Å². The molecule has 0 saturated carbocycles. The Balaban J connectivity index is 1.76. The summed E-state index contributed by atoms with van der Waals surface area (Å²) in [6, 6.07) is 28.3. The van der Waals surface area contributed by atoms with Crippen molar-refractivity contribution in [3.05, 3.63) is 96.1 Å². The molecule has 2 heterocycles. The lowest BCUT2D eigenvalue weighted by Crippen LogP contribution is -2.30. The molecule has 6 heteroatoms. The molecule has 0 aliphatic carbocycles. The Morgan fingerprint density at radius 1 is 0.759 bits per heavy atom. The maximum atomic E-state index is 7.03. The first-order chi connectivity index (χ1) is 13.9. The minimum absolute atomic E-state index is 0.188. The van der Waals surface area contributed by atoms with E-state index in [1.54, 1.807) is 0 Å². The third-order valence-electron chi connectivity index (χ3n) is 5.82. The molecule has 0 spiro atoms. The number of hydrogen-bond donors (Lipinski definition) is 0. The Bertz CT molecular complexity index is 1040. The van der Waals surface area contributed by atoms with E-state index in [0.29, 0.717) is 6.42 Å². The maximum absolute atomic E-state index is 7.03. The highest BCUT2D eigenvalue weighted by Crippen LogP contribution is 2.73. The van der Waals surface area contributed by atoms with Gasteiger partial charge in [0.1, 0.15) is 5.54 Å². The lowest BCUT2D eigenvalue weighted by atomic mass is 9.84. The fourth-order valence-electron chi connectivity index (χ4n) is 4.41. The minimum atomic E-state index is -1.10. The SMILES string of the molecule is ClC1(Cl)Sc2ccccc2N2C(Cl)(Cl)[C@]2(c2ccccc2)C[C@@H]1c1ccccc1. The van der Waals surface area contributed by atoms with Crippen molar-refractivity contribution in [1.82, 2.24) is 0 Å². The number of para-hydroxylation sites is 1. The average Bonchev–Trinajstić information content (AvgIpc) is 3.21. The third-order valence-corrected chi connectivity index (χ3v) is 8.90. The molecule has 2 atom stereocenters. The topological polar surface area (TPSA) is 3.01 Å². The van der Waals surface area contributed by atoms with Crippen LogP contribution in [0.4, 0.5) is 5.69 Å². The summed E-state index contributed by atoms with van der Waals surface area (Å²) < 4.78 is -2.19. The molecule has 2 aliphatic rings. The molecule has 1 fully saturated rings. The molecule has 0 unspecified atom stereocenters. The molecule has 2 aliphatic heterocycles. The van der Waals surface area contributed by atoms with E-state index in [1.165, 1.54) is 11.8 Å². The van der Waals surface area contributed by atoms with E-state index in [9.17, 15) is 0 Å². The van der Waals surface area contributed by atoms with Crippen molar-refractivity contribution in [1.29, 1.82) is 0 Å². The highest BCUT2D eigenvalue weighted by Gasteiger charge is 2.77. The summed E-state index contributed by atoms with van der Waals surface area (Å²) >= 11 is 29.5. The van der Waals surface area contributed by atoms with Crippen LogP contribution in [0, 0.1) is 0 Å². The number of thioether (sulfide) groups is 1. The summed E-state index contributed by atoms with van der Waals surface area (Å²) in [4.78, 5) is 3.06. The second-order valence-electron chi connectivity index (χ2n) is 7.40. The van der Waals surface area contributed by atoms with E-state index in [4.69, 9.17) is 46.4 Å². The van der Waals surface area contributed by atoms with E-state index in [-0.39, 0.29) is 5.92 Å². The number of rotatable bonds is 2. The van der Waals surface area contributed by atoms with Crippen molar-refractivity contribution in [2.45, 2.75) is 30.9 Å². The van der Waals surface area contributed by atoms with Gasteiger partial charge in [0.2, 0.25) is 4.46 Å². The second-order valence-corrected chi connectivity index (χ2v) is 11.8. The Morgan fingerprint density at radius 2 is 1.34 bits per heavy atom. The van der Waals surface area contributed by atoms with Gasteiger partial charge in [0.25, 0.3) is 0 Å². The quantitative estimate of drug-likeness (QED) is 0.208. The Morgan fingerprint density at radius 3 is 2.03 bits per heavy atom. The normalized spacial score (nSPS) is 26.6. The number of benzene rings is 3. The summed E-state index contributed by atoms with van der Waals surface area (Å²) in [5.41, 5.74) is 2.43. The van der Waals surface area contributed by atoms with Crippen LogP contribution in [-0.2, 0) is 5.54 Å². The van der Waals surface area contributed by atoms with E-state index in [1.807, 2.05) is 60.7 Å². The first-order valence-electron chi connectivity index (χ1n) is 9.32. The van der Waals surface area contributed by atoms with Crippen molar-refractivity contribution in [2.24, 2.45) is 0 Å². The van der Waals surface area contributed by atoms with Gasteiger partial charge in [-0.1, -0.05) is 131 Å². The molecule has 0 N–H and O–H groups in total. The summed E-state index contributed by atoms with van der Waals surface area (Å²) in [6.07, 6.45) is 0.586. The van der Waals surface area contributed by atoms with Crippen LogP contribution < -0.4 is 4.90 Å². The smallest absolute Gasteiger partial charge is 0.219 e. The second kappa shape index (κ2) is 7.00. The average molecular weight is 481 g/mol. The first kappa shape index (κ1) is 19.9. The highest BCUT2D eigenvalue weighted by molar-refractivity contribution is 8.03. The number of alkyl halides is 4. The van der Waals surface area contributed by atoms with Crippen molar-refractivity contribution in [2.75, 3.05) is 4.90 Å². The zero-order chi connectivity index (χ0) is 20.3. The lowest BCUT2D eigenvalue weighted by molar-refractivity contribution is 0.519. The highest BCUT2D eigenvalue weighted by atomic mass is 35.5. The molecule has 0 aromatic heterocycles. The number of halogens is 4. The number of anilines is 1. The van der Waals surface area contributed by atoms with Crippen molar-refractivity contribution >= 4 is 63.9 Å². The lowest BCUT2D eigenvalue weighted by Gasteiger charge is -2.36. The Labute approximate surface area is 194 Å². The van der Waals surface area contributed by atoms with Gasteiger partial charge in [0.05, 0.1) is 5.69 Å². The van der Waals surface area contributed by atoms with Crippen LogP contribution in [0.15, 0.2) is 89.8 Å². The summed E-state index contributed by atoms with van der Waals surface area (Å²) in [6.45, 7) is 0. The molecule has 5 rings (SSSR count). The van der Waals surface area contributed by atoms with E-state index in [0.717, 1.165) is 21.7 Å². The van der Waals surface area contributed by atoms with Crippen LogP contribution >= 0.6 is 58.2 Å². The molecule has 3 aromatic carbocycles. The summed E-state index contributed by atoms with van der Waals surface area (Å²) in [7, 11) is 0. The molecule has 29 heavy (non-hydrogen) atoms. The first-order valence-corrected chi connectivity index (χ1v) is 11.7. The molecule has 0 bridgehead atoms.